The molecule has 0 saturated carbocycles. The molecule has 0 fully saturated rings. The Morgan fingerprint density at radius 3 is 2.15 bits per heavy atom. The maximum atomic E-state index is 11.1. The summed E-state index contributed by atoms with van der Waals surface area (Å²) in [7, 11) is 0. The minimum Gasteiger partial charge on any atom is -0.478 e. The van der Waals surface area contributed by atoms with Crippen molar-refractivity contribution in [1.29, 1.82) is 0 Å². The van der Waals surface area contributed by atoms with E-state index in [1.807, 2.05) is 12.1 Å². The van der Waals surface area contributed by atoms with E-state index in [4.69, 9.17) is 5.11 Å². The molecule has 0 radical (unpaired) electrons. The third-order valence-corrected chi connectivity index (χ3v) is 6.13. The fourth-order valence-corrected chi connectivity index (χ4v) is 4.12. The number of carboxylic acid groups (broad SMARTS) is 1. The van der Waals surface area contributed by atoms with Gasteiger partial charge >= 0.3 is 5.97 Å². The van der Waals surface area contributed by atoms with Crippen molar-refractivity contribution < 1.29 is 15.0 Å². The van der Waals surface area contributed by atoms with Crippen LogP contribution >= 0.6 is 0 Å². The molecule has 1 aliphatic carbocycles. The zero-order valence-corrected chi connectivity index (χ0v) is 16.8. The Bertz CT molecular complexity index is 917. The average Bonchev–Trinajstić information content (AvgIpc) is 2.59. The van der Waals surface area contributed by atoms with E-state index in [1.54, 1.807) is 12.1 Å². The molecule has 3 rings (SSSR count). The van der Waals surface area contributed by atoms with E-state index < -0.39 is 5.97 Å². The van der Waals surface area contributed by atoms with Gasteiger partial charge in [-0.2, -0.15) is 0 Å². The van der Waals surface area contributed by atoms with Gasteiger partial charge in [0.1, 0.15) is 0 Å². The average molecular weight is 364 g/mol. The molecule has 0 bridgehead atoms. The zero-order valence-electron chi connectivity index (χ0n) is 16.8. The molecule has 0 amide bonds. The highest BCUT2D eigenvalue weighted by atomic mass is 16.4. The van der Waals surface area contributed by atoms with Crippen LogP contribution in [0.3, 0.4) is 0 Å². The maximum Gasteiger partial charge on any atom is 0.335 e. The predicted molar refractivity (Wildman–Crippen MR) is 109 cm³/mol. The first-order chi connectivity index (χ1) is 12.4. The summed E-state index contributed by atoms with van der Waals surface area (Å²) in [6, 6.07) is 11.2. The molecule has 2 aromatic carbocycles. The second kappa shape index (κ2) is 6.35. The largest absolute Gasteiger partial charge is 0.478 e. The lowest BCUT2D eigenvalue weighted by Crippen LogP contribution is -2.45. The quantitative estimate of drug-likeness (QED) is 0.799. The molecule has 2 N–H and O–H groups in total. The van der Waals surface area contributed by atoms with Gasteiger partial charge in [-0.15, -0.1) is 0 Å². The van der Waals surface area contributed by atoms with Crippen LogP contribution in [0.25, 0.3) is 5.57 Å². The number of hydrogen-bond acceptors (Lipinski definition) is 2. The lowest BCUT2D eigenvalue weighted by Gasteiger charge is -2.46. The van der Waals surface area contributed by atoms with Crippen LogP contribution in [0.15, 0.2) is 43.0 Å². The fraction of sp³-hybridized carbons (Fsp3) is 0.375. The molecule has 0 spiro atoms. The first-order valence-electron chi connectivity index (χ1n) is 9.32. The van der Waals surface area contributed by atoms with Crippen LogP contribution in [0.4, 0.5) is 0 Å². The van der Waals surface area contributed by atoms with E-state index in [9.17, 15) is 9.90 Å². The molecule has 1 aliphatic rings. The van der Waals surface area contributed by atoms with Gasteiger partial charge in [0.25, 0.3) is 0 Å². The molecule has 2 aromatic rings. The topological polar surface area (TPSA) is 57.5 Å². The molecule has 0 saturated heterocycles. The summed E-state index contributed by atoms with van der Waals surface area (Å²) >= 11 is 0. The summed E-state index contributed by atoms with van der Waals surface area (Å²) in [5.41, 5.74) is 6.27. The van der Waals surface area contributed by atoms with Gasteiger partial charge in [0.2, 0.25) is 0 Å². The van der Waals surface area contributed by atoms with Crippen molar-refractivity contribution in [3.63, 3.8) is 0 Å². The second-order valence-corrected chi connectivity index (χ2v) is 8.90. The first kappa shape index (κ1) is 19.4. The van der Waals surface area contributed by atoms with E-state index in [1.165, 1.54) is 11.1 Å². The van der Waals surface area contributed by atoms with Gasteiger partial charge in [-0.1, -0.05) is 58.5 Å². The summed E-state index contributed by atoms with van der Waals surface area (Å²) < 4.78 is 0. The number of carbonyl (C=O) groups is 1. The third kappa shape index (κ3) is 3.21. The number of aliphatic hydroxyl groups excluding tert-OH is 1. The zero-order chi connectivity index (χ0) is 20.1. The summed E-state index contributed by atoms with van der Waals surface area (Å²) in [6.07, 6.45) is 0.340. The van der Waals surface area contributed by atoms with Gasteiger partial charge in [0.15, 0.2) is 0 Å². The predicted octanol–water partition coefficient (Wildman–Crippen LogP) is 5.07. The Labute approximate surface area is 161 Å². The molecule has 142 valence electrons. The van der Waals surface area contributed by atoms with Crippen molar-refractivity contribution in [3.8, 4) is 0 Å². The van der Waals surface area contributed by atoms with Crippen molar-refractivity contribution in [2.75, 3.05) is 0 Å². The Balaban J connectivity index is 2.10. The maximum absolute atomic E-state index is 11.1. The van der Waals surface area contributed by atoms with Crippen molar-refractivity contribution in [1.82, 2.24) is 0 Å². The minimum absolute atomic E-state index is 0.125. The van der Waals surface area contributed by atoms with Gasteiger partial charge in [-0.05, 0) is 64.3 Å². The molecular formula is C24H28O3. The van der Waals surface area contributed by atoms with Crippen LogP contribution in [0.1, 0.15) is 72.3 Å². The van der Waals surface area contributed by atoms with Gasteiger partial charge in [-0.25, -0.2) is 4.79 Å². The van der Waals surface area contributed by atoms with Gasteiger partial charge in [-0.3, -0.25) is 0 Å². The van der Waals surface area contributed by atoms with Crippen LogP contribution in [-0.4, -0.2) is 22.3 Å². The van der Waals surface area contributed by atoms with Gasteiger partial charge < -0.3 is 10.2 Å². The number of hydrogen-bond donors (Lipinski definition) is 2. The highest BCUT2D eigenvalue weighted by Gasteiger charge is 2.43. The molecule has 0 aliphatic heterocycles. The molecule has 1 atom stereocenters. The van der Waals surface area contributed by atoms with Crippen molar-refractivity contribution in [2.45, 2.75) is 58.0 Å². The molecule has 0 heterocycles. The summed E-state index contributed by atoms with van der Waals surface area (Å²) in [6.45, 7) is 14.9. The van der Waals surface area contributed by atoms with Crippen molar-refractivity contribution in [3.05, 3.63) is 76.4 Å². The third-order valence-electron chi connectivity index (χ3n) is 6.13. The molecule has 3 heteroatoms. The van der Waals surface area contributed by atoms with Crippen LogP contribution in [0.5, 0.6) is 0 Å². The van der Waals surface area contributed by atoms with Crippen LogP contribution < -0.4 is 0 Å². The van der Waals surface area contributed by atoms with Crippen LogP contribution in [0.2, 0.25) is 0 Å². The first-order valence-corrected chi connectivity index (χ1v) is 9.32. The highest BCUT2D eigenvalue weighted by molar-refractivity contribution is 5.89. The Morgan fingerprint density at radius 1 is 1.04 bits per heavy atom. The number of benzene rings is 2. The molecule has 3 nitrogen and oxygen atoms in total. The smallest absolute Gasteiger partial charge is 0.335 e. The number of rotatable bonds is 3. The number of aliphatic hydroxyl groups is 1. The Morgan fingerprint density at radius 2 is 1.59 bits per heavy atom. The van der Waals surface area contributed by atoms with E-state index in [-0.39, 0.29) is 22.5 Å². The van der Waals surface area contributed by atoms with Crippen LogP contribution in [-0.2, 0) is 10.8 Å². The summed E-state index contributed by atoms with van der Waals surface area (Å²) in [4.78, 5) is 11.1. The Hall–Kier alpha value is -2.39. The van der Waals surface area contributed by atoms with E-state index in [2.05, 4.69) is 53.3 Å². The lowest BCUT2D eigenvalue weighted by atomic mass is 9.61. The van der Waals surface area contributed by atoms with Gasteiger partial charge in [0.05, 0.1) is 11.7 Å². The van der Waals surface area contributed by atoms with E-state index in [0.717, 1.165) is 28.7 Å². The normalized spacial score (nSPS) is 20.0. The Kier molecular flexibility index (Phi) is 4.55. The monoisotopic (exact) mass is 364 g/mol. The van der Waals surface area contributed by atoms with E-state index >= 15 is 0 Å². The number of fused-ring (bicyclic) bond motifs is 1. The van der Waals surface area contributed by atoms with Crippen LogP contribution in [0, 0.1) is 6.92 Å². The standard InChI is InChI=1S/C24H28O3/c1-14-11-20-19(23(3,4)13-21(25)24(20,5)6)12-18(14)15(2)16-7-9-17(10-8-16)22(26)27/h7-12,21,25H,2,13H2,1,3-6H3,(H,26,27). The number of carboxylic acids is 1. The summed E-state index contributed by atoms with van der Waals surface area (Å²) in [5, 5.41) is 19.8. The molecule has 27 heavy (non-hydrogen) atoms. The number of aromatic carboxylic acids is 1. The highest BCUT2D eigenvalue weighted by Crippen LogP contribution is 2.47. The van der Waals surface area contributed by atoms with Crippen molar-refractivity contribution >= 4 is 11.5 Å². The molecular weight excluding hydrogens is 336 g/mol. The van der Waals surface area contributed by atoms with Gasteiger partial charge in [0, 0.05) is 5.41 Å². The molecule has 0 aromatic heterocycles. The second-order valence-electron chi connectivity index (χ2n) is 8.90. The fourth-order valence-electron chi connectivity index (χ4n) is 4.12. The minimum atomic E-state index is -0.931. The van der Waals surface area contributed by atoms with E-state index in [0.29, 0.717) is 0 Å². The molecule has 1 unspecified atom stereocenters. The SMILES string of the molecule is C=C(c1ccc(C(=O)O)cc1)c1cc2c(cc1C)C(C)(C)C(O)CC2(C)C. The number of aryl methyl sites for hydroxylation is 1. The summed E-state index contributed by atoms with van der Waals surface area (Å²) in [5.74, 6) is -0.931. The van der Waals surface area contributed by atoms with Crippen molar-refractivity contribution in [2.24, 2.45) is 0 Å². The lowest BCUT2D eigenvalue weighted by molar-refractivity contribution is 0.0582.